The summed E-state index contributed by atoms with van der Waals surface area (Å²) in [6.45, 7) is 7.19. The minimum absolute atomic E-state index is 0.0374. The van der Waals surface area contributed by atoms with Crippen LogP contribution in [0.2, 0.25) is 0 Å². The van der Waals surface area contributed by atoms with Crippen molar-refractivity contribution in [3.05, 3.63) is 54.4 Å². The topological polar surface area (TPSA) is 111 Å². The number of carbonyl (C=O) groups is 1. The van der Waals surface area contributed by atoms with Crippen molar-refractivity contribution in [2.45, 2.75) is 31.2 Å². The van der Waals surface area contributed by atoms with Crippen LogP contribution in [0.15, 0.2) is 53.4 Å². The maximum absolute atomic E-state index is 12.8. The van der Waals surface area contributed by atoms with Crippen LogP contribution in [0.4, 0.5) is 0 Å². The monoisotopic (exact) mass is 485 g/mol. The Hall–Kier alpha value is -2.95. The first-order chi connectivity index (χ1) is 16.3. The molecule has 9 nitrogen and oxygen atoms in total. The number of imidazole rings is 1. The molecule has 2 heterocycles. The molecule has 0 bridgehead atoms. The summed E-state index contributed by atoms with van der Waals surface area (Å²) in [5.41, 5.74) is 1.41. The fraction of sp³-hybridized carbons (Fsp3) is 0.417. The molecule has 2 N–H and O–H groups in total. The minimum Gasteiger partial charge on any atom is -0.492 e. The Morgan fingerprint density at radius 1 is 1.09 bits per heavy atom. The van der Waals surface area contributed by atoms with Gasteiger partial charge in [0.2, 0.25) is 15.9 Å². The van der Waals surface area contributed by atoms with E-state index in [0.29, 0.717) is 44.6 Å². The lowest BCUT2D eigenvalue weighted by Crippen LogP contribution is -2.49. The van der Waals surface area contributed by atoms with Crippen LogP contribution >= 0.6 is 0 Å². The number of benzene rings is 2. The SMILES string of the molecule is CCn1c(CCC(=O)N2CCN(CCOc3ccccc3)CC2)nc2cc(S(N)(=O)=O)ccc21. The van der Waals surface area contributed by atoms with Crippen LogP contribution in [0.5, 0.6) is 5.75 Å². The maximum Gasteiger partial charge on any atom is 0.238 e. The van der Waals surface area contributed by atoms with Crippen molar-refractivity contribution in [1.29, 1.82) is 0 Å². The van der Waals surface area contributed by atoms with Crippen molar-refractivity contribution >= 4 is 27.0 Å². The summed E-state index contributed by atoms with van der Waals surface area (Å²) in [6.07, 6.45) is 0.861. The molecular weight excluding hydrogens is 454 g/mol. The predicted molar refractivity (Wildman–Crippen MR) is 130 cm³/mol. The zero-order valence-corrected chi connectivity index (χ0v) is 20.2. The Morgan fingerprint density at radius 3 is 2.50 bits per heavy atom. The molecule has 1 fully saturated rings. The van der Waals surface area contributed by atoms with E-state index in [1.807, 2.05) is 46.7 Å². The Balaban J connectivity index is 1.28. The van der Waals surface area contributed by atoms with Gasteiger partial charge in [-0.3, -0.25) is 9.69 Å². The number of sulfonamides is 1. The highest BCUT2D eigenvalue weighted by Crippen LogP contribution is 2.21. The average Bonchev–Trinajstić information content (AvgIpc) is 3.20. The number of aryl methyl sites for hydroxylation is 2. The standard InChI is InChI=1S/C24H31N5O4S/c1-2-29-22-9-8-20(34(25,31)32)18-21(22)26-23(29)10-11-24(30)28-14-12-27(13-15-28)16-17-33-19-6-4-3-5-7-19/h3-9,18H,2,10-17H2,1H3,(H2,25,31,32). The van der Waals surface area contributed by atoms with Crippen molar-refractivity contribution in [3.63, 3.8) is 0 Å². The van der Waals surface area contributed by atoms with Gasteiger partial charge in [-0.05, 0) is 37.3 Å². The molecule has 1 aliphatic heterocycles. The van der Waals surface area contributed by atoms with Crippen molar-refractivity contribution in [1.82, 2.24) is 19.4 Å². The lowest BCUT2D eigenvalue weighted by atomic mass is 10.2. The Kier molecular flexibility index (Phi) is 7.50. The number of hydrogen-bond acceptors (Lipinski definition) is 6. The molecule has 182 valence electrons. The number of nitrogens with zero attached hydrogens (tertiary/aromatic N) is 4. The van der Waals surface area contributed by atoms with E-state index in [2.05, 4.69) is 9.88 Å². The third kappa shape index (κ3) is 5.75. The van der Waals surface area contributed by atoms with Crippen molar-refractivity contribution < 1.29 is 17.9 Å². The smallest absolute Gasteiger partial charge is 0.238 e. The van der Waals surface area contributed by atoms with Gasteiger partial charge in [-0.25, -0.2) is 18.5 Å². The summed E-state index contributed by atoms with van der Waals surface area (Å²) in [6, 6.07) is 14.5. The molecule has 1 aromatic heterocycles. The Morgan fingerprint density at radius 2 is 1.82 bits per heavy atom. The van der Waals surface area contributed by atoms with Gasteiger partial charge in [-0.1, -0.05) is 18.2 Å². The lowest BCUT2D eigenvalue weighted by Gasteiger charge is -2.34. The van der Waals surface area contributed by atoms with E-state index in [-0.39, 0.29) is 10.8 Å². The lowest BCUT2D eigenvalue weighted by molar-refractivity contribution is -0.133. The number of ether oxygens (including phenoxy) is 1. The zero-order valence-electron chi connectivity index (χ0n) is 19.4. The Labute approximate surface area is 200 Å². The number of amides is 1. The summed E-state index contributed by atoms with van der Waals surface area (Å²) >= 11 is 0. The van der Waals surface area contributed by atoms with Gasteiger partial charge in [-0.2, -0.15) is 0 Å². The van der Waals surface area contributed by atoms with Gasteiger partial charge in [0, 0.05) is 52.1 Å². The van der Waals surface area contributed by atoms with E-state index in [4.69, 9.17) is 9.88 Å². The van der Waals surface area contributed by atoms with Crippen LogP contribution < -0.4 is 9.88 Å². The molecule has 34 heavy (non-hydrogen) atoms. The second-order valence-corrected chi connectivity index (χ2v) is 9.91. The number of fused-ring (bicyclic) bond motifs is 1. The molecule has 1 amide bonds. The summed E-state index contributed by atoms with van der Waals surface area (Å²) < 4.78 is 31.1. The number of nitrogens with two attached hydrogens (primary N) is 1. The number of hydrogen-bond donors (Lipinski definition) is 1. The number of aromatic nitrogens is 2. The molecule has 0 spiro atoms. The van der Waals surface area contributed by atoms with Crippen LogP contribution in [-0.2, 0) is 27.8 Å². The van der Waals surface area contributed by atoms with Crippen LogP contribution in [0, 0.1) is 0 Å². The highest BCUT2D eigenvalue weighted by Gasteiger charge is 2.22. The van der Waals surface area contributed by atoms with Gasteiger partial charge in [0.1, 0.15) is 18.2 Å². The van der Waals surface area contributed by atoms with Gasteiger partial charge in [0.25, 0.3) is 0 Å². The normalized spacial score (nSPS) is 15.1. The molecule has 0 radical (unpaired) electrons. The third-order valence-electron chi connectivity index (χ3n) is 6.15. The number of piperazine rings is 1. The first kappa shape index (κ1) is 24.2. The van der Waals surface area contributed by atoms with Crippen LogP contribution in [0.3, 0.4) is 0 Å². The fourth-order valence-corrected chi connectivity index (χ4v) is 4.82. The quantitative estimate of drug-likeness (QED) is 0.495. The molecular formula is C24H31N5O4S. The first-order valence-electron chi connectivity index (χ1n) is 11.5. The van der Waals surface area contributed by atoms with E-state index in [0.717, 1.165) is 36.7 Å². The first-order valence-corrected chi connectivity index (χ1v) is 13.1. The minimum atomic E-state index is -3.79. The fourth-order valence-electron chi connectivity index (χ4n) is 4.29. The van der Waals surface area contributed by atoms with E-state index in [1.165, 1.54) is 12.1 Å². The summed E-state index contributed by atoms with van der Waals surface area (Å²) in [7, 11) is -3.79. The molecule has 10 heteroatoms. The van der Waals surface area contributed by atoms with Crippen LogP contribution in [-0.4, -0.2) is 73.0 Å². The molecule has 2 aromatic carbocycles. The zero-order chi connectivity index (χ0) is 24.1. The molecule has 3 aromatic rings. The number of carbonyl (C=O) groups excluding carboxylic acids is 1. The van der Waals surface area contributed by atoms with Gasteiger partial charge in [0.15, 0.2) is 0 Å². The maximum atomic E-state index is 12.8. The number of primary sulfonamides is 1. The number of rotatable bonds is 9. The molecule has 1 saturated heterocycles. The molecule has 1 aliphatic rings. The number of para-hydroxylation sites is 1. The third-order valence-corrected chi connectivity index (χ3v) is 7.06. The highest BCUT2D eigenvalue weighted by atomic mass is 32.2. The summed E-state index contributed by atoms with van der Waals surface area (Å²) in [5, 5.41) is 5.25. The van der Waals surface area contributed by atoms with E-state index in [9.17, 15) is 13.2 Å². The second-order valence-electron chi connectivity index (χ2n) is 8.35. The molecule has 0 aliphatic carbocycles. The van der Waals surface area contributed by atoms with Crippen molar-refractivity contribution in [2.75, 3.05) is 39.3 Å². The highest BCUT2D eigenvalue weighted by molar-refractivity contribution is 7.89. The van der Waals surface area contributed by atoms with Crippen molar-refractivity contribution in [2.24, 2.45) is 5.14 Å². The van der Waals surface area contributed by atoms with Gasteiger partial charge >= 0.3 is 0 Å². The second kappa shape index (κ2) is 10.5. The molecule has 4 rings (SSSR count). The molecule has 0 saturated carbocycles. The molecule has 0 unspecified atom stereocenters. The van der Waals surface area contributed by atoms with Gasteiger partial charge in [-0.15, -0.1) is 0 Å². The van der Waals surface area contributed by atoms with Crippen molar-refractivity contribution in [3.8, 4) is 5.75 Å². The van der Waals surface area contributed by atoms with E-state index < -0.39 is 10.0 Å². The van der Waals surface area contributed by atoms with Crippen LogP contribution in [0.1, 0.15) is 19.2 Å². The Bertz CT molecular complexity index is 1230. The van der Waals surface area contributed by atoms with E-state index >= 15 is 0 Å². The largest absolute Gasteiger partial charge is 0.492 e. The summed E-state index contributed by atoms with van der Waals surface area (Å²) in [4.78, 5) is 21.7. The van der Waals surface area contributed by atoms with E-state index in [1.54, 1.807) is 6.07 Å². The summed E-state index contributed by atoms with van der Waals surface area (Å²) in [5.74, 6) is 1.75. The predicted octanol–water partition coefficient (Wildman–Crippen LogP) is 1.86. The molecule has 0 atom stereocenters. The van der Waals surface area contributed by atoms with Crippen LogP contribution in [0.25, 0.3) is 11.0 Å². The van der Waals surface area contributed by atoms with Gasteiger partial charge < -0.3 is 14.2 Å². The average molecular weight is 486 g/mol. The van der Waals surface area contributed by atoms with Gasteiger partial charge in [0.05, 0.1) is 15.9 Å².